The Bertz CT molecular complexity index is 531. The second-order valence-corrected chi connectivity index (χ2v) is 4.70. The van der Waals surface area contributed by atoms with Gasteiger partial charge in [0.2, 0.25) is 0 Å². The zero-order valence-electron chi connectivity index (χ0n) is 11.9. The summed E-state index contributed by atoms with van der Waals surface area (Å²) in [6.07, 6.45) is 5.67. The number of rotatable bonds is 8. The second kappa shape index (κ2) is 7.50. The fraction of sp³-hybridized carbons (Fsp3) is 0.312. The molecule has 0 fully saturated rings. The predicted octanol–water partition coefficient (Wildman–Crippen LogP) is 2.55. The van der Waals surface area contributed by atoms with Gasteiger partial charge < -0.3 is 10.1 Å². The first-order valence-corrected chi connectivity index (χ1v) is 6.80. The van der Waals surface area contributed by atoms with Crippen LogP contribution in [-0.2, 0) is 13.1 Å². The first-order chi connectivity index (χ1) is 9.78. The number of aromatic nitrogens is 2. The van der Waals surface area contributed by atoms with Gasteiger partial charge in [0, 0.05) is 19.3 Å². The van der Waals surface area contributed by atoms with Gasteiger partial charge in [-0.3, -0.25) is 4.68 Å². The molecule has 1 aromatic heterocycles. The third-order valence-electron chi connectivity index (χ3n) is 2.90. The van der Waals surface area contributed by atoms with Crippen molar-refractivity contribution in [2.45, 2.75) is 20.0 Å². The number of nitrogens with one attached hydrogen (secondary N) is 1. The summed E-state index contributed by atoms with van der Waals surface area (Å²) in [6.45, 7) is 8.85. The van der Waals surface area contributed by atoms with Gasteiger partial charge in [0.15, 0.2) is 0 Å². The van der Waals surface area contributed by atoms with E-state index in [0.29, 0.717) is 6.61 Å². The molecular formula is C16H21N3O. The minimum atomic E-state index is 0.543. The molecule has 0 atom stereocenters. The number of hydrogen-bond acceptors (Lipinski definition) is 3. The first kappa shape index (κ1) is 14.3. The van der Waals surface area contributed by atoms with Crippen LogP contribution < -0.4 is 10.1 Å². The minimum absolute atomic E-state index is 0.543. The quantitative estimate of drug-likeness (QED) is 0.592. The van der Waals surface area contributed by atoms with Crippen molar-refractivity contribution in [1.82, 2.24) is 15.1 Å². The van der Waals surface area contributed by atoms with E-state index >= 15 is 0 Å². The van der Waals surface area contributed by atoms with Crippen molar-refractivity contribution in [3.05, 3.63) is 60.4 Å². The molecule has 106 valence electrons. The molecule has 0 aliphatic heterocycles. The van der Waals surface area contributed by atoms with Crippen LogP contribution in [0.2, 0.25) is 0 Å². The smallest absolute Gasteiger partial charge is 0.119 e. The van der Waals surface area contributed by atoms with Crippen molar-refractivity contribution in [2.75, 3.05) is 13.2 Å². The Morgan fingerprint density at radius 1 is 1.35 bits per heavy atom. The lowest BCUT2D eigenvalue weighted by Crippen LogP contribution is -2.19. The molecule has 2 aromatic rings. The van der Waals surface area contributed by atoms with E-state index in [-0.39, 0.29) is 0 Å². The molecule has 4 nitrogen and oxygen atoms in total. The van der Waals surface area contributed by atoms with Crippen LogP contribution >= 0.6 is 0 Å². The highest BCUT2D eigenvalue weighted by atomic mass is 16.5. The molecule has 1 N–H and O–H groups in total. The van der Waals surface area contributed by atoms with Crippen LogP contribution in [0.15, 0.2) is 49.3 Å². The molecule has 2 rings (SSSR count). The fourth-order valence-electron chi connectivity index (χ4n) is 1.87. The summed E-state index contributed by atoms with van der Waals surface area (Å²) < 4.78 is 7.40. The van der Waals surface area contributed by atoms with Gasteiger partial charge in [-0.2, -0.15) is 5.10 Å². The predicted molar refractivity (Wildman–Crippen MR) is 80.8 cm³/mol. The third-order valence-corrected chi connectivity index (χ3v) is 2.90. The topological polar surface area (TPSA) is 39.1 Å². The van der Waals surface area contributed by atoms with Crippen LogP contribution in [0.4, 0.5) is 0 Å². The number of nitrogens with zero attached hydrogens (tertiary/aromatic N) is 2. The Kier molecular flexibility index (Phi) is 5.38. The molecule has 0 unspecified atom stereocenters. The zero-order chi connectivity index (χ0) is 14.2. The van der Waals surface area contributed by atoms with Crippen molar-refractivity contribution in [1.29, 1.82) is 0 Å². The summed E-state index contributed by atoms with van der Waals surface area (Å²) in [4.78, 5) is 0. The molecule has 0 aliphatic rings. The van der Waals surface area contributed by atoms with Crippen molar-refractivity contribution in [2.24, 2.45) is 0 Å². The first-order valence-electron chi connectivity index (χ1n) is 6.80. The molecule has 0 saturated heterocycles. The number of aryl methyl sites for hydroxylation is 1. The van der Waals surface area contributed by atoms with Crippen LogP contribution in [0.25, 0.3) is 0 Å². The molecule has 0 bridgehead atoms. The Hall–Kier alpha value is -2.07. The van der Waals surface area contributed by atoms with Crippen molar-refractivity contribution in [3.8, 4) is 5.75 Å². The highest BCUT2D eigenvalue weighted by molar-refractivity contribution is 5.27. The van der Waals surface area contributed by atoms with Crippen molar-refractivity contribution >= 4 is 0 Å². The summed E-state index contributed by atoms with van der Waals surface area (Å²) >= 11 is 0. The largest absolute Gasteiger partial charge is 0.490 e. The number of ether oxygens (including phenoxy) is 1. The van der Waals surface area contributed by atoms with Crippen LogP contribution in [0.3, 0.4) is 0 Å². The van der Waals surface area contributed by atoms with E-state index in [1.807, 2.05) is 36.1 Å². The average Bonchev–Trinajstić information content (AvgIpc) is 2.88. The summed E-state index contributed by atoms with van der Waals surface area (Å²) in [5, 5.41) is 7.66. The Morgan fingerprint density at radius 3 is 2.80 bits per heavy atom. The monoisotopic (exact) mass is 271 g/mol. The van der Waals surface area contributed by atoms with Gasteiger partial charge in [0.25, 0.3) is 0 Å². The Labute approximate surface area is 120 Å². The minimum Gasteiger partial charge on any atom is -0.490 e. The maximum atomic E-state index is 5.45. The standard InChI is InChI=1S/C16H21N3O/c1-3-10-20-16-6-4-15(5-7-16)12-17-8-9-19-13-14(2)11-18-19/h3-7,11,13,17H,1,8-10,12H2,2H3. The molecule has 20 heavy (non-hydrogen) atoms. The zero-order valence-corrected chi connectivity index (χ0v) is 11.9. The van der Waals surface area contributed by atoms with E-state index in [2.05, 4.69) is 29.1 Å². The van der Waals surface area contributed by atoms with Gasteiger partial charge in [-0.1, -0.05) is 24.8 Å². The number of benzene rings is 1. The molecule has 1 aromatic carbocycles. The summed E-state index contributed by atoms with van der Waals surface area (Å²) in [5.41, 5.74) is 2.44. The molecule has 0 saturated carbocycles. The number of hydrogen-bond donors (Lipinski definition) is 1. The SMILES string of the molecule is C=CCOc1ccc(CNCCn2cc(C)cn2)cc1. The van der Waals surface area contributed by atoms with Crippen LogP contribution in [0, 0.1) is 6.92 Å². The van der Waals surface area contributed by atoms with Gasteiger partial charge in [-0.15, -0.1) is 0 Å². The molecule has 4 heteroatoms. The molecule has 0 radical (unpaired) electrons. The highest BCUT2D eigenvalue weighted by Gasteiger charge is 1.96. The lowest BCUT2D eigenvalue weighted by molar-refractivity contribution is 0.363. The second-order valence-electron chi connectivity index (χ2n) is 4.70. The average molecular weight is 271 g/mol. The van der Waals surface area contributed by atoms with Crippen molar-refractivity contribution < 1.29 is 4.74 Å². The van der Waals surface area contributed by atoms with E-state index in [9.17, 15) is 0 Å². The van der Waals surface area contributed by atoms with Gasteiger partial charge in [-0.05, 0) is 30.2 Å². The fourth-order valence-corrected chi connectivity index (χ4v) is 1.87. The maximum Gasteiger partial charge on any atom is 0.119 e. The van der Waals surface area contributed by atoms with Crippen LogP contribution in [-0.4, -0.2) is 22.9 Å². The van der Waals surface area contributed by atoms with E-state index in [4.69, 9.17) is 4.74 Å². The lowest BCUT2D eigenvalue weighted by atomic mass is 10.2. The van der Waals surface area contributed by atoms with Gasteiger partial charge in [0.05, 0.1) is 12.7 Å². The van der Waals surface area contributed by atoms with Gasteiger partial charge in [0.1, 0.15) is 12.4 Å². The maximum absolute atomic E-state index is 5.45. The Morgan fingerprint density at radius 2 is 2.15 bits per heavy atom. The van der Waals surface area contributed by atoms with E-state index in [1.54, 1.807) is 6.08 Å². The van der Waals surface area contributed by atoms with E-state index in [1.165, 1.54) is 11.1 Å². The third kappa shape index (κ3) is 4.55. The van der Waals surface area contributed by atoms with Gasteiger partial charge in [-0.25, -0.2) is 0 Å². The molecule has 0 amide bonds. The van der Waals surface area contributed by atoms with Crippen LogP contribution in [0.5, 0.6) is 5.75 Å². The van der Waals surface area contributed by atoms with E-state index in [0.717, 1.165) is 25.4 Å². The highest BCUT2D eigenvalue weighted by Crippen LogP contribution is 2.11. The normalized spacial score (nSPS) is 10.4. The van der Waals surface area contributed by atoms with Crippen molar-refractivity contribution in [3.63, 3.8) is 0 Å². The molecular weight excluding hydrogens is 250 g/mol. The summed E-state index contributed by atoms with van der Waals surface area (Å²) in [5.74, 6) is 0.876. The van der Waals surface area contributed by atoms with Gasteiger partial charge >= 0.3 is 0 Å². The summed E-state index contributed by atoms with van der Waals surface area (Å²) in [7, 11) is 0. The molecule has 1 heterocycles. The summed E-state index contributed by atoms with van der Waals surface area (Å²) in [6, 6.07) is 8.11. The lowest BCUT2D eigenvalue weighted by Gasteiger charge is -2.07. The molecule has 0 aliphatic carbocycles. The molecule has 0 spiro atoms. The Balaban J connectivity index is 1.69. The van der Waals surface area contributed by atoms with Crippen LogP contribution in [0.1, 0.15) is 11.1 Å². The van der Waals surface area contributed by atoms with E-state index < -0.39 is 0 Å².